The Morgan fingerprint density at radius 3 is 2.50 bits per heavy atom. The van der Waals surface area contributed by atoms with Crippen molar-refractivity contribution < 1.29 is 39.8 Å². The van der Waals surface area contributed by atoms with Gasteiger partial charge < -0.3 is 35.0 Å². The lowest BCUT2D eigenvalue weighted by Gasteiger charge is -2.41. The van der Waals surface area contributed by atoms with Crippen LogP contribution in [-0.2, 0) is 14.3 Å². The van der Waals surface area contributed by atoms with Crippen molar-refractivity contribution in [3.05, 3.63) is 0 Å². The van der Waals surface area contributed by atoms with Crippen molar-refractivity contribution in [2.45, 2.75) is 56.9 Å². The van der Waals surface area contributed by atoms with Crippen LogP contribution in [0.15, 0.2) is 0 Å². The van der Waals surface area contributed by atoms with Gasteiger partial charge in [0.05, 0.1) is 30.7 Å². The molecule has 1 saturated heterocycles. The second-order valence-corrected chi connectivity index (χ2v) is 7.63. The Morgan fingerprint density at radius 2 is 1.92 bits per heavy atom. The number of fused-ring (bicyclic) bond motifs is 2. The van der Waals surface area contributed by atoms with Gasteiger partial charge in [0.2, 0.25) is 0 Å². The first-order chi connectivity index (χ1) is 11.3. The van der Waals surface area contributed by atoms with Gasteiger partial charge in [0, 0.05) is 0 Å². The standard InChI is InChI=1S/C16H26O8/c1-15(6-18)8-2-3-16(4-8,14(15)22)7-23-13-12(21)11(20)10(19)9(5-17)24-13/h8-13,17-21H,2-7H2,1H3/t8-,9-,10-,11+,12-,13-,15-,16+/m1/s1. The molecular weight excluding hydrogens is 320 g/mol. The third-order valence-corrected chi connectivity index (χ3v) is 6.21. The first kappa shape index (κ1) is 18.2. The molecule has 5 N–H and O–H groups in total. The molecular formula is C16H26O8. The average molecular weight is 346 g/mol. The van der Waals surface area contributed by atoms with Gasteiger partial charge in [-0.1, -0.05) is 6.92 Å². The number of hydrogen-bond donors (Lipinski definition) is 5. The van der Waals surface area contributed by atoms with E-state index in [2.05, 4.69) is 0 Å². The Balaban J connectivity index is 1.68. The van der Waals surface area contributed by atoms with Gasteiger partial charge in [-0.3, -0.25) is 4.79 Å². The molecule has 2 bridgehead atoms. The Morgan fingerprint density at radius 1 is 1.21 bits per heavy atom. The number of hydrogen-bond acceptors (Lipinski definition) is 8. The van der Waals surface area contributed by atoms with Crippen molar-refractivity contribution in [3.63, 3.8) is 0 Å². The summed E-state index contributed by atoms with van der Waals surface area (Å²) in [7, 11) is 0. The molecule has 0 unspecified atom stereocenters. The third-order valence-electron chi connectivity index (χ3n) is 6.21. The van der Waals surface area contributed by atoms with Crippen molar-refractivity contribution in [1.82, 2.24) is 0 Å². The molecule has 3 aliphatic rings. The van der Waals surface area contributed by atoms with Crippen molar-refractivity contribution in [3.8, 4) is 0 Å². The van der Waals surface area contributed by atoms with Gasteiger partial charge in [0.25, 0.3) is 0 Å². The summed E-state index contributed by atoms with van der Waals surface area (Å²) in [5.41, 5.74) is -1.46. The van der Waals surface area contributed by atoms with Gasteiger partial charge in [-0.05, 0) is 25.2 Å². The van der Waals surface area contributed by atoms with Gasteiger partial charge >= 0.3 is 0 Å². The Kier molecular flexibility index (Phi) is 4.76. The summed E-state index contributed by atoms with van der Waals surface area (Å²) in [6, 6.07) is 0. The van der Waals surface area contributed by atoms with E-state index in [0.717, 1.165) is 6.42 Å². The lowest BCUT2D eigenvalue weighted by molar-refractivity contribution is -0.305. The molecule has 0 radical (unpaired) electrons. The smallest absolute Gasteiger partial charge is 0.186 e. The summed E-state index contributed by atoms with van der Waals surface area (Å²) in [5.74, 6) is 0.0896. The van der Waals surface area contributed by atoms with Crippen molar-refractivity contribution in [2.75, 3.05) is 19.8 Å². The van der Waals surface area contributed by atoms with E-state index in [1.807, 2.05) is 0 Å². The zero-order valence-corrected chi connectivity index (χ0v) is 13.7. The van der Waals surface area contributed by atoms with E-state index < -0.39 is 48.1 Å². The topological polar surface area (TPSA) is 137 Å². The Labute approximate surface area is 140 Å². The van der Waals surface area contributed by atoms with Crippen molar-refractivity contribution in [1.29, 1.82) is 0 Å². The van der Waals surface area contributed by atoms with Gasteiger partial charge in [-0.15, -0.1) is 0 Å². The summed E-state index contributed by atoms with van der Waals surface area (Å²) in [6.07, 6.45) is -4.57. The predicted octanol–water partition coefficient (Wildman–Crippen LogP) is -1.83. The molecule has 0 aromatic heterocycles. The molecule has 8 heteroatoms. The molecule has 0 spiro atoms. The number of carbonyl (C=O) groups is 1. The van der Waals surface area contributed by atoms with Crippen LogP contribution in [0, 0.1) is 16.7 Å². The first-order valence-corrected chi connectivity index (χ1v) is 8.37. The monoisotopic (exact) mass is 346 g/mol. The minimum Gasteiger partial charge on any atom is -0.395 e. The fourth-order valence-corrected chi connectivity index (χ4v) is 4.51. The quantitative estimate of drug-likeness (QED) is 0.392. The van der Waals surface area contributed by atoms with Crippen LogP contribution in [-0.4, -0.2) is 81.8 Å². The lowest BCUT2D eigenvalue weighted by Crippen LogP contribution is -2.59. The summed E-state index contributed by atoms with van der Waals surface area (Å²) >= 11 is 0. The van der Waals surface area contributed by atoms with E-state index in [-0.39, 0.29) is 24.9 Å². The highest BCUT2D eigenvalue weighted by molar-refractivity contribution is 5.94. The number of carbonyl (C=O) groups excluding carboxylic acids is 1. The molecule has 8 nitrogen and oxygen atoms in total. The molecule has 2 aliphatic carbocycles. The second kappa shape index (κ2) is 6.28. The number of aliphatic hydroxyl groups is 5. The summed E-state index contributed by atoms with van der Waals surface area (Å²) in [5, 5.41) is 48.4. The summed E-state index contributed by atoms with van der Waals surface area (Å²) < 4.78 is 10.9. The highest BCUT2D eigenvalue weighted by Crippen LogP contribution is 2.60. The number of ether oxygens (including phenoxy) is 2. The van der Waals surface area contributed by atoms with Gasteiger partial charge in [0.1, 0.15) is 30.2 Å². The molecule has 1 heterocycles. The van der Waals surface area contributed by atoms with Crippen LogP contribution in [0.3, 0.4) is 0 Å². The molecule has 3 fully saturated rings. The maximum atomic E-state index is 12.8. The van der Waals surface area contributed by atoms with Crippen LogP contribution >= 0.6 is 0 Å². The van der Waals surface area contributed by atoms with E-state index in [4.69, 9.17) is 9.47 Å². The molecule has 1 aliphatic heterocycles. The summed E-state index contributed by atoms with van der Waals surface area (Å²) in [6.45, 7) is 1.06. The number of Topliss-reactive ketones (excluding diaryl/α,β-unsaturated/α-hetero) is 1. The zero-order chi connectivity index (χ0) is 17.7. The second-order valence-electron chi connectivity index (χ2n) is 7.63. The Hall–Kier alpha value is -0.610. The maximum Gasteiger partial charge on any atom is 0.186 e. The van der Waals surface area contributed by atoms with E-state index in [1.54, 1.807) is 6.92 Å². The van der Waals surface area contributed by atoms with E-state index in [9.17, 15) is 30.3 Å². The molecule has 0 amide bonds. The zero-order valence-electron chi connectivity index (χ0n) is 13.7. The lowest BCUT2D eigenvalue weighted by atomic mass is 9.70. The first-order valence-electron chi connectivity index (χ1n) is 8.37. The normalized spacial score (nSPS) is 51.3. The third kappa shape index (κ3) is 2.52. The number of aliphatic hydroxyl groups excluding tert-OH is 5. The highest BCUT2D eigenvalue weighted by atomic mass is 16.7. The molecule has 138 valence electrons. The fraction of sp³-hybridized carbons (Fsp3) is 0.938. The van der Waals surface area contributed by atoms with Gasteiger partial charge in [-0.25, -0.2) is 0 Å². The van der Waals surface area contributed by atoms with Crippen LogP contribution in [0.1, 0.15) is 26.2 Å². The molecule has 24 heavy (non-hydrogen) atoms. The molecule has 3 rings (SSSR count). The van der Waals surface area contributed by atoms with E-state index in [0.29, 0.717) is 12.8 Å². The fourth-order valence-electron chi connectivity index (χ4n) is 4.51. The molecule has 8 atom stereocenters. The minimum absolute atomic E-state index is 0.0145. The minimum atomic E-state index is -1.50. The average Bonchev–Trinajstić information content (AvgIpc) is 3.11. The molecule has 0 aromatic carbocycles. The molecule has 0 aromatic rings. The van der Waals surface area contributed by atoms with Crippen LogP contribution in [0.4, 0.5) is 0 Å². The van der Waals surface area contributed by atoms with Crippen LogP contribution in [0.5, 0.6) is 0 Å². The Bertz CT molecular complexity index is 496. The molecule has 2 saturated carbocycles. The van der Waals surface area contributed by atoms with Crippen molar-refractivity contribution >= 4 is 5.78 Å². The van der Waals surface area contributed by atoms with Crippen LogP contribution in [0.25, 0.3) is 0 Å². The number of rotatable bonds is 5. The van der Waals surface area contributed by atoms with Crippen LogP contribution < -0.4 is 0 Å². The van der Waals surface area contributed by atoms with Gasteiger partial charge in [-0.2, -0.15) is 0 Å². The van der Waals surface area contributed by atoms with Crippen molar-refractivity contribution in [2.24, 2.45) is 16.7 Å². The predicted molar refractivity (Wildman–Crippen MR) is 79.7 cm³/mol. The van der Waals surface area contributed by atoms with E-state index >= 15 is 0 Å². The number of ketones is 1. The van der Waals surface area contributed by atoms with Crippen LogP contribution in [0.2, 0.25) is 0 Å². The summed E-state index contributed by atoms with van der Waals surface area (Å²) in [4.78, 5) is 12.8. The SMILES string of the molecule is C[C@]1(CO)C(=O)[C@@]2(CO[C@@H]3O[C@H](CO)[C@@H](O)[C@H](O)[C@H]3O)CC[C@@H]1C2. The maximum absolute atomic E-state index is 12.8. The highest BCUT2D eigenvalue weighted by Gasteiger charge is 2.63. The van der Waals surface area contributed by atoms with Gasteiger partial charge in [0.15, 0.2) is 6.29 Å². The largest absolute Gasteiger partial charge is 0.395 e. The van der Waals surface area contributed by atoms with E-state index in [1.165, 1.54) is 0 Å².